The number of carbonyl (C=O) groups is 7. The van der Waals surface area contributed by atoms with Gasteiger partial charge in [0.1, 0.15) is 18.1 Å². The molecule has 11 N–H and O–H groups in total. The SMILES string of the molecule is CCOC(CCCOCCOCCOCCOCCNC(=O)C(CCCCNC(=O)OCO)NC(=O)C(CCCCNC(=O)OCO)NC(=O)C(CCCCNC(=O)OCO)NC(=O)OCO)OCC. The van der Waals surface area contributed by atoms with Gasteiger partial charge < -0.3 is 105 Å². The third kappa shape index (κ3) is 37.9. The predicted octanol–water partition coefficient (Wildman–Crippen LogP) is -1.10. The Hall–Kier alpha value is -4.91. The summed E-state index contributed by atoms with van der Waals surface area (Å²) in [5.74, 6) is -2.19. The highest BCUT2D eigenvalue weighted by molar-refractivity contribution is 5.93. The van der Waals surface area contributed by atoms with Crippen LogP contribution in [-0.2, 0) is 61.8 Å². The average Bonchev–Trinajstić information content (AvgIpc) is 3.32. The number of aliphatic hydroxyl groups excluding tert-OH is 4. The third-order valence-electron chi connectivity index (χ3n) is 9.32. The van der Waals surface area contributed by atoms with Crippen molar-refractivity contribution in [1.82, 2.24) is 37.2 Å². The molecule has 0 spiro atoms. The Balaban J connectivity index is 5.46. The number of alkyl carbamates (subject to hydrolysis) is 4. The van der Waals surface area contributed by atoms with Crippen molar-refractivity contribution in [2.45, 2.75) is 109 Å². The highest BCUT2D eigenvalue weighted by Gasteiger charge is 2.30. The van der Waals surface area contributed by atoms with E-state index in [-0.39, 0.29) is 90.8 Å². The highest BCUT2D eigenvalue weighted by atomic mass is 16.7. The first kappa shape index (κ1) is 65.1. The fourth-order valence-electron chi connectivity index (χ4n) is 5.98. The number of unbranched alkanes of at least 4 members (excludes halogenated alkanes) is 3. The van der Waals surface area contributed by atoms with E-state index in [0.29, 0.717) is 65.5 Å². The van der Waals surface area contributed by atoms with Gasteiger partial charge in [0.2, 0.25) is 17.7 Å². The number of aliphatic hydroxyl groups is 4. The molecule has 0 aliphatic rings. The van der Waals surface area contributed by atoms with Crippen LogP contribution in [0.25, 0.3) is 0 Å². The molecule has 28 nitrogen and oxygen atoms in total. The van der Waals surface area contributed by atoms with Crippen molar-refractivity contribution >= 4 is 42.1 Å². The molecule has 3 atom stereocenters. The van der Waals surface area contributed by atoms with E-state index < -0.39 is 87.4 Å². The fourth-order valence-corrected chi connectivity index (χ4v) is 5.98. The molecule has 7 amide bonds. The summed E-state index contributed by atoms with van der Waals surface area (Å²) >= 11 is 0. The smallest absolute Gasteiger partial charge is 0.409 e. The molecule has 0 bridgehead atoms. The van der Waals surface area contributed by atoms with Crippen LogP contribution in [-0.4, -0.2) is 206 Å². The van der Waals surface area contributed by atoms with Crippen molar-refractivity contribution in [3.63, 3.8) is 0 Å². The van der Waals surface area contributed by atoms with Gasteiger partial charge in [-0.15, -0.1) is 0 Å². The van der Waals surface area contributed by atoms with Gasteiger partial charge >= 0.3 is 24.4 Å². The van der Waals surface area contributed by atoms with E-state index in [0.717, 1.165) is 12.8 Å². The molecule has 0 rings (SSSR count). The second kappa shape index (κ2) is 46.5. The topological polar surface area (TPSA) is 377 Å². The second-order valence-electron chi connectivity index (χ2n) is 14.6. The minimum Gasteiger partial charge on any atom is -0.423 e. The van der Waals surface area contributed by atoms with Gasteiger partial charge in [0, 0.05) is 52.4 Å². The molecule has 3 unspecified atom stereocenters. The first-order valence-corrected chi connectivity index (χ1v) is 23.5. The lowest BCUT2D eigenvalue weighted by Crippen LogP contribution is -2.57. The Morgan fingerprint density at radius 3 is 1.13 bits per heavy atom. The molecule has 28 heteroatoms. The molecule has 408 valence electrons. The zero-order valence-corrected chi connectivity index (χ0v) is 40.5. The largest absolute Gasteiger partial charge is 0.423 e. The molecule has 70 heavy (non-hydrogen) atoms. The lowest BCUT2D eigenvalue weighted by molar-refractivity contribution is -0.141. The molecule has 0 heterocycles. The van der Waals surface area contributed by atoms with Gasteiger partial charge in [-0.3, -0.25) is 14.4 Å². The Morgan fingerprint density at radius 1 is 0.371 bits per heavy atom. The number of hydrogen-bond acceptors (Lipinski definition) is 21. The lowest BCUT2D eigenvalue weighted by Gasteiger charge is -2.25. The van der Waals surface area contributed by atoms with Crippen LogP contribution in [0.3, 0.4) is 0 Å². The van der Waals surface area contributed by atoms with E-state index >= 15 is 0 Å². The van der Waals surface area contributed by atoms with Gasteiger partial charge in [-0.05, 0) is 78.1 Å². The maximum Gasteiger partial charge on any atom is 0.409 e. The minimum absolute atomic E-state index is 0.0213. The van der Waals surface area contributed by atoms with E-state index in [9.17, 15) is 33.6 Å². The van der Waals surface area contributed by atoms with E-state index in [1.165, 1.54) is 0 Å². The molecule has 0 fully saturated rings. The van der Waals surface area contributed by atoms with Gasteiger partial charge in [-0.1, -0.05) is 0 Å². The monoisotopic (exact) mass is 1020 g/mol. The van der Waals surface area contributed by atoms with Crippen LogP contribution in [0.5, 0.6) is 0 Å². The third-order valence-corrected chi connectivity index (χ3v) is 9.32. The van der Waals surface area contributed by atoms with Gasteiger partial charge in [-0.25, -0.2) is 19.2 Å². The molecule has 0 aromatic carbocycles. The Bertz CT molecular complexity index is 1390. The van der Waals surface area contributed by atoms with Crippen molar-refractivity contribution in [2.24, 2.45) is 0 Å². The normalized spacial score (nSPS) is 12.2. The van der Waals surface area contributed by atoms with Crippen LogP contribution in [0, 0.1) is 0 Å². The molecular weight excluding hydrogens is 938 g/mol. The summed E-state index contributed by atoms with van der Waals surface area (Å²) in [7, 11) is 0. The van der Waals surface area contributed by atoms with Gasteiger partial charge in [0.05, 0.1) is 46.2 Å². The van der Waals surface area contributed by atoms with Crippen LogP contribution in [0.2, 0.25) is 0 Å². The van der Waals surface area contributed by atoms with E-state index in [2.05, 4.69) is 56.2 Å². The molecule has 0 aliphatic carbocycles. The summed E-state index contributed by atoms with van der Waals surface area (Å²) in [4.78, 5) is 88.1. The zero-order chi connectivity index (χ0) is 51.9. The summed E-state index contributed by atoms with van der Waals surface area (Å²) in [5, 5.41) is 52.9. The lowest BCUT2D eigenvalue weighted by atomic mass is 10.0. The molecule has 0 aromatic rings. The standard InChI is InChI=1S/C42H79N7O21/c1-3-65-35(66-4-2)15-11-20-61-22-24-63-26-27-64-25-23-62-21-19-43-36(54)32(12-5-8-16-44-39(57)67-28-50)47-37(55)33(13-6-9-17-45-40(58)68-29-51)48-38(56)34(49-42(60)70-31-53)14-7-10-18-46-41(59)69-30-52/h32-35,50-53H,3-31H2,1-2H3,(H,43,54)(H,44,57)(H,45,58)(H,46,59)(H,47,55)(H,48,56)(H,49,60). The number of rotatable bonds is 45. The Kier molecular flexibility index (Phi) is 43.2. The fraction of sp³-hybridized carbons (Fsp3) is 0.833. The first-order chi connectivity index (χ1) is 33.9. The predicted molar refractivity (Wildman–Crippen MR) is 243 cm³/mol. The first-order valence-electron chi connectivity index (χ1n) is 23.5. The zero-order valence-electron chi connectivity index (χ0n) is 40.5. The maximum absolute atomic E-state index is 13.9. The van der Waals surface area contributed by atoms with E-state index in [1.807, 2.05) is 13.8 Å². The minimum atomic E-state index is -1.30. The molecular formula is C42H79N7O21. The quantitative estimate of drug-likeness (QED) is 0.0196. The van der Waals surface area contributed by atoms with Crippen molar-refractivity contribution in [3.8, 4) is 0 Å². The van der Waals surface area contributed by atoms with Crippen molar-refractivity contribution in [1.29, 1.82) is 0 Å². The number of ether oxygens (including phenoxy) is 10. The number of nitrogens with one attached hydrogen (secondary N) is 7. The summed E-state index contributed by atoms with van der Waals surface area (Å²) in [6, 6.07) is -3.75. The molecule has 0 radical (unpaired) electrons. The molecule has 0 saturated heterocycles. The average molecular weight is 1020 g/mol. The molecule has 0 aliphatic heterocycles. The van der Waals surface area contributed by atoms with Crippen LogP contribution in [0.15, 0.2) is 0 Å². The Morgan fingerprint density at radius 2 is 0.729 bits per heavy atom. The molecule has 0 aromatic heterocycles. The summed E-state index contributed by atoms with van der Waals surface area (Å²) < 4.78 is 51.0. The van der Waals surface area contributed by atoms with Gasteiger partial charge in [0.15, 0.2) is 33.5 Å². The van der Waals surface area contributed by atoms with Crippen LogP contribution >= 0.6 is 0 Å². The maximum atomic E-state index is 13.9. The summed E-state index contributed by atoms with van der Waals surface area (Å²) in [6.45, 7) is 4.59. The number of carbonyl (C=O) groups excluding carboxylic acids is 7. The van der Waals surface area contributed by atoms with Gasteiger partial charge in [0.25, 0.3) is 0 Å². The number of amides is 7. The van der Waals surface area contributed by atoms with Crippen molar-refractivity contribution in [2.75, 3.05) is 119 Å². The van der Waals surface area contributed by atoms with Crippen molar-refractivity contribution < 1.29 is 101 Å². The van der Waals surface area contributed by atoms with E-state index in [4.69, 9.17) is 48.8 Å². The molecule has 0 saturated carbocycles. The highest BCUT2D eigenvalue weighted by Crippen LogP contribution is 2.09. The van der Waals surface area contributed by atoms with Crippen LogP contribution < -0.4 is 37.2 Å². The van der Waals surface area contributed by atoms with E-state index in [1.54, 1.807) is 0 Å². The van der Waals surface area contributed by atoms with Crippen LogP contribution in [0.4, 0.5) is 19.2 Å². The van der Waals surface area contributed by atoms with Crippen LogP contribution in [0.1, 0.15) is 84.5 Å². The Labute approximate surface area is 408 Å². The number of hydrogen-bond donors (Lipinski definition) is 11. The summed E-state index contributed by atoms with van der Waals surface area (Å²) in [5.41, 5.74) is 0. The summed E-state index contributed by atoms with van der Waals surface area (Å²) in [6.07, 6.45) is -0.667. The van der Waals surface area contributed by atoms with Gasteiger partial charge in [-0.2, -0.15) is 0 Å². The van der Waals surface area contributed by atoms with Crippen molar-refractivity contribution in [3.05, 3.63) is 0 Å². The second-order valence-corrected chi connectivity index (χ2v) is 14.6.